The Morgan fingerprint density at radius 3 is 2.44 bits per heavy atom. The highest BCUT2D eigenvalue weighted by molar-refractivity contribution is 8.00. The fourth-order valence-corrected chi connectivity index (χ4v) is 4.38. The summed E-state index contributed by atoms with van der Waals surface area (Å²) in [5, 5.41) is 1.39. The Balaban J connectivity index is 1.47. The highest BCUT2D eigenvalue weighted by Crippen LogP contribution is 2.32. The van der Waals surface area contributed by atoms with E-state index in [-0.39, 0.29) is 12.4 Å². The minimum absolute atomic E-state index is 0.111. The van der Waals surface area contributed by atoms with Gasteiger partial charge in [0.25, 0.3) is 0 Å². The second-order valence-corrected chi connectivity index (χ2v) is 9.14. The SMILES string of the molecule is CCC(C)Sc1ccc(SCC2COC(c3ccc(Cl)cc3)O2)cc1. The van der Waals surface area contributed by atoms with Crippen LogP contribution in [0.1, 0.15) is 32.1 Å². The molecule has 0 amide bonds. The molecule has 0 radical (unpaired) electrons. The molecule has 2 aromatic carbocycles. The average molecular weight is 395 g/mol. The Labute approximate surface area is 163 Å². The number of thioether (sulfide) groups is 2. The molecule has 0 bridgehead atoms. The van der Waals surface area contributed by atoms with Crippen LogP contribution in [0.15, 0.2) is 58.3 Å². The molecule has 0 aromatic heterocycles. The van der Waals surface area contributed by atoms with Crippen molar-refractivity contribution in [1.29, 1.82) is 0 Å². The molecule has 0 spiro atoms. The first-order valence-electron chi connectivity index (χ1n) is 8.56. The number of hydrogen-bond acceptors (Lipinski definition) is 4. The molecule has 0 aliphatic carbocycles. The van der Waals surface area contributed by atoms with Crippen molar-refractivity contribution in [2.24, 2.45) is 0 Å². The molecule has 0 N–H and O–H groups in total. The topological polar surface area (TPSA) is 18.5 Å². The number of ether oxygens (including phenoxy) is 2. The Kier molecular flexibility index (Phi) is 7.14. The first-order chi connectivity index (χ1) is 12.1. The molecule has 0 saturated carbocycles. The van der Waals surface area contributed by atoms with Crippen molar-refractivity contribution in [3.8, 4) is 0 Å². The van der Waals surface area contributed by atoms with Crippen LogP contribution in [-0.2, 0) is 9.47 Å². The predicted octanol–water partition coefficient (Wildman–Crippen LogP) is 6.44. The monoisotopic (exact) mass is 394 g/mol. The summed E-state index contributed by atoms with van der Waals surface area (Å²) in [5.74, 6) is 0.891. The molecule has 25 heavy (non-hydrogen) atoms. The van der Waals surface area contributed by atoms with Crippen molar-refractivity contribution >= 4 is 35.1 Å². The van der Waals surface area contributed by atoms with Gasteiger partial charge in [-0.25, -0.2) is 0 Å². The Morgan fingerprint density at radius 1 is 1.08 bits per heavy atom. The van der Waals surface area contributed by atoms with E-state index in [1.165, 1.54) is 16.2 Å². The van der Waals surface area contributed by atoms with Crippen LogP contribution >= 0.6 is 35.1 Å². The summed E-state index contributed by atoms with van der Waals surface area (Å²) in [7, 11) is 0. The van der Waals surface area contributed by atoms with Gasteiger partial charge in [0.2, 0.25) is 0 Å². The third kappa shape index (κ3) is 5.66. The smallest absolute Gasteiger partial charge is 0.184 e. The maximum absolute atomic E-state index is 6.01. The van der Waals surface area contributed by atoms with E-state index in [0.717, 1.165) is 16.3 Å². The summed E-state index contributed by atoms with van der Waals surface area (Å²) in [6.07, 6.45) is 1.02. The highest BCUT2D eigenvalue weighted by Gasteiger charge is 2.27. The fraction of sp³-hybridized carbons (Fsp3) is 0.400. The molecule has 1 fully saturated rings. The van der Waals surface area contributed by atoms with Gasteiger partial charge in [-0.1, -0.05) is 37.6 Å². The number of halogens is 1. The third-order valence-corrected chi connectivity index (χ3v) is 6.74. The van der Waals surface area contributed by atoms with Gasteiger partial charge >= 0.3 is 0 Å². The lowest BCUT2D eigenvalue weighted by atomic mass is 10.2. The molecule has 1 saturated heterocycles. The third-order valence-electron chi connectivity index (χ3n) is 4.06. The van der Waals surface area contributed by atoms with E-state index in [1.54, 1.807) is 0 Å². The van der Waals surface area contributed by atoms with Crippen LogP contribution in [-0.4, -0.2) is 23.7 Å². The minimum atomic E-state index is -0.280. The predicted molar refractivity (Wildman–Crippen MR) is 108 cm³/mol. The van der Waals surface area contributed by atoms with Gasteiger partial charge in [0.05, 0.1) is 12.7 Å². The lowest BCUT2D eigenvalue weighted by Crippen LogP contribution is -2.12. The summed E-state index contributed by atoms with van der Waals surface area (Å²) >= 11 is 9.67. The van der Waals surface area contributed by atoms with Gasteiger partial charge < -0.3 is 9.47 Å². The van der Waals surface area contributed by atoms with Gasteiger partial charge in [-0.15, -0.1) is 23.5 Å². The quantitative estimate of drug-likeness (QED) is 0.503. The van der Waals surface area contributed by atoms with Gasteiger partial charge in [-0.3, -0.25) is 0 Å². The van der Waals surface area contributed by atoms with Crippen LogP contribution in [0.5, 0.6) is 0 Å². The van der Waals surface area contributed by atoms with E-state index in [4.69, 9.17) is 21.1 Å². The standard InChI is InChI=1S/C20H23ClO2S2/c1-3-14(2)25-19-10-8-18(9-11-19)24-13-17-12-22-20(23-17)15-4-6-16(21)7-5-15/h4-11,14,17,20H,3,12-13H2,1-2H3. The van der Waals surface area contributed by atoms with Crippen molar-refractivity contribution in [1.82, 2.24) is 0 Å². The van der Waals surface area contributed by atoms with Crippen molar-refractivity contribution in [2.45, 2.75) is 47.7 Å². The lowest BCUT2D eigenvalue weighted by Gasteiger charge is -2.12. The zero-order valence-corrected chi connectivity index (χ0v) is 16.9. The summed E-state index contributed by atoms with van der Waals surface area (Å²) < 4.78 is 11.8. The fourth-order valence-electron chi connectivity index (χ4n) is 2.45. The van der Waals surface area contributed by atoms with Crippen LogP contribution < -0.4 is 0 Å². The average Bonchev–Trinajstić information content (AvgIpc) is 3.10. The molecule has 134 valence electrons. The summed E-state index contributed by atoms with van der Waals surface area (Å²) in [5.41, 5.74) is 1.02. The van der Waals surface area contributed by atoms with Gasteiger partial charge in [0, 0.05) is 31.4 Å². The van der Waals surface area contributed by atoms with E-state index >= 15 is 0 Å². The minimum Gasteiger partial charge on any atom is -0.346 e. The molecular formula is C20H23ClO2S2. The molecule has 1 aliphatic heterocycles. The number of benzene rings is 2. The molecule has 3 atom stereocenters. The van der Waals surface area contributed by atoms with Gasteiger partial charge in [0.15, 0.2) is 6.29 Å². The van der Waals surface area contributed by atoms with Crippen LogP contribution in [0.4, 0.5) is 0 Å². The number of rotatable bonds is 7. The first kappa shape index (κ1) is 19.1. The van der Waals surface area contributed by atoms with E-state index in [0.29, 0.717) is 11.9 Å². The Hall–Kier alpha value is -0.650. The second kappa shape index (κ2) is 9.33. The highest BCUT2D eigenvalue weighted by atomic mass is 35.5. The van der Waals surface area contributed by atoms with Gasteiger partial charge in [-0.05, 0) is 42.8 Å². The molecule has 3 unspecified atom stereocenters. The zero-order valence-electron chi connectivity index (χ0n) is 14.5. The molecular weight excluding hydrogens is 372 g/mol. The summed E-state index contributed by atoms with van der Waals surface area (Å²) in [6, 6.07) is 16.5. The van der Waals surface area contributed by atoms with E-state index in [9.17, 15) is 0 Å². The second-order valence-electron chi connectivity index (χ2n) is 6.09. The van der Waals surface area contributed by atoms with Gasteiger partial charge in [-0.2, -0.15) is 0 Å². The maximum Gasteiger partial charge on any atom is 0.184 e. The van der Waals surface area contributed by atoms with Crippen molar-refractivity contribution < 1.29 is 9.47 Å². The summed E-state index contributed by atoms with van der Waals surface area (Å²) in [6.45, 7) is 5.12. The molecule has 2 aromatic rings. The zero-order chi connectivity index (χ0) is 17.6. The van der Waals surface area contributed by atoms with Crippen molar-refractivity contribution in [2.75, 3.05) is 12.4 Å². The maximum atomic E-state index is 6.01. The van der Waals surface area contributed by atoms with Gasteiger partial charge in [0.1, 0.15) is 0 Å². The van der Waals surface area contributed by atoms with Crippen LogP contribution in [0, 0.1) is 0 Å². The van der Waals surface area contributed by atoms with Crippen LogP contribution in [0.25, 0.3) is 0 Å². The van der Waals surface area contributed by atoms with Crippen molar-refractivity contribution in [3.05, 3.63) is 59.1 Å². The van der Waals surface area contributed by atoms with E-state index in [1.807, 2.05) is 47.8 Å². The molecule has 1 heterocycles. The Morgan fingerprint density at radius 2 is 1.76 bits per heavy atom. The molecule has 5 heteroatoms. The molecule has 1 aliphatic rings. The van der Waals surface area contributed by atoms with E-state index in [2.05, 4.69) is 38.1 Å². The van der Waals surface area contributed by atoms with Crippen LogP contribution in [0.3, 0.4) is 0 Å². The van der Waals surface area contributed by atoms with Crippen molar-refractivity contribution in [3.63, 3.8) is 0 Å². The van der Waals surface area contributed by atoms with Crippen LogP contribution in [0.2, 0.25) is 5.02 Å². The largest absolute Gasteiger partial charge is 0.346 e. The Bertz CT molecular complexity index is 660. The molecule has 2 nitrogen and oxygen atoms in total. The summed E-state index contributed by atoms with van der Waals surface area (Å²) in [4.78, 5) is 2.61. The van der Waals surface area contributed by atoms with E-state index < -0.39 is 0 Å². The first-order valence-corrected chi connectivity index (χ1v) is 10.8. The normalized spacial score (nSPS) is 21.4. The lowest BCUT2D eigenvalue weighted by molar-refractivity contribution is -0.0565. The number of hydrogen-bond donors (Lipinski definition) is 0. The molecule has 3 rings (SSSR count).